The number of thioether (sulfide) groups is 1. The fourth-order valence-corrected chi connectivity index (χ4v) is 4.21. The molecule has 1 atom stereocenters. The van der Waals surface area contributed by atoms with Crippen LogP contribution in [0.5, 0.6) is 0 Å². The SMILES string of the molecule is CC1=C(c2ccnc(Nc3cccc([N+](=O)[O-])c3)n2)SC(C=O)N1CCC(C)C. The van der Waals surface area contributed by atoms with Gasteiger partial charge in [-0.2, -0.15) is 0 Å². The summed E-state index contributed by atoms with van der Waals surface area (Å²) in [5.41, 5.74) is 2.26. The minimum atomic E-state index is -0.447. The number of non-ortho nitro benzene ring substituents is 1. The van der Waals surface area contributed by atoms with Gasteiger partial charge < -0.3 is 15.0 Å². The molecule has 2 heterocycles. The summed E-state index contributed by atoms with van der Waals surface area (Å²) in [6, 6.07) is 7.98. The Morgan fingerprint density at radius 3 is 2.86 bits per heavy atom. The number of carbonyl (C=O) groups excluding carboxylic acids is 1. The second-order valence-electron chi connectivity index (χ2n) is 7.13. The molecule has 0 amide bonds. The number of nitrogens with one attached hydrogen (secondary N) is 1. The number of hydrogen-bond donors (Lipinski definition) is 1. The van der Waals surface area contributed by atoms with Crippen LogP contribution in [-0.2, 0) is 4.79 Å². The van der Waals surface area contributed by atoms with E-state index >= 15 is 0 Å². The lowest BCUT2D eigenvalue weighted by atomic mass is 10.1. The lowest BCUT2D eigenvalue weighted by molar-refractivity contribution is -0.384. The van der Waals surface area contributed by atoms with Crippen LogP contribution in [0.2, 0.25) is 0 Å². The number of hydrogen-bond acceptors (Lipinski definition) is 8. The molecule has 0 fully saturated rings. The van der Waals surface area contributed by atoms with Crippen LogP contribution in [0, 0.1) is 16.0 Å². The van der Waals surface area contributed by atoms with Crippen molar-refractivity contribution < 1.29 is 9.72 Å². The van der Waals surface area contributed by atoms with Crippen LogP contribution in [-0.4, -0.2) is 38.0 Å². The van der Waals surface area contributed by atoms with E-state index in [-0.39, 0.29) is 11.1 Å². The molecule has 0 spiro atoms. The highest BCUT2D eigenvalue weighted by molar-refractivity contribution is 8.09. The molecule has 1 unspecified atom stereocenters. The number of aldehydes is 1. The van der Waals surface area contributed by atoms with Gasteiger partial charge in [-0.05, 0) is 31.4 Å². The van der Waals surface area contributed by atoms with Crippen molar-refractivity contribution in [2.45, 2.75) is 32.6 Å². The third-order valence-corrected chi connectivity index (χ3v) is 5.92. The van der Waals surface area contributed by atoms with Crippen LogP contribution < -0.4 is 5.32 Å². The fourth-order valence-electron chi connectivity index (χ4n) is 3.00. The molecule has 0 aliphatic carbocycles. The molecule has 0 saturated carbocycles. The largest absolute Gasteiger partial charge is 0.356 e. The summed E-state index contributed by atoms with van der Waals surface area (Å²) in [5, 5.41) is 13.7. The maximum Gasteiger partial charge on any atom is 0.271 e. The summed E-state index contributed by atoms with van der Waals surface area (Å²) >= 11 is 1.48. The van der Waals surface area contributed by atoms with E-state index in [1.807, 2.05) is 6.92 Å². The van der Waals surface area contributed by atoms with Gasteiger partial charge in [0.2, 0.25) is 5.95 Å². The average molecular weight is 414 g/mol. The van der Waals surface area contributed by atoms with Crippen LogP contribution >= 0.6 is 11.8 Å². The Bertz CT molecular complexity index is 947. The number of aromatic nitrogens is 2. The molecule has 1 N–H and O–H groups in total. The smallest absolute Gasteiger partial charge is 0.271 e. The topological polar surface area (TPSA) is 101 Å². The zero-order chi connectivity index (χ0) is 21.0. The van der Waals surface area contributed by atoms with Crippen LogP contribution in [0.3, 0.4) is 0 Å². The minimum Gasteiger partial charge on any atom is -0.356 e. The lowest BCUT2D eigenvalue weighted by Gasteiger charge is -2.24. The van der Waals surface area contributed by atoms with Crippen LogP contribution in [0.15, 0.2) is 42.2 Å². The van der Waals surface area contributed by atoms with E-state index < -0.39 is 4.92 Å². The number of nitrogens with zero attached hydrogens (tertiary/aromatic N) is 4. The van der Waals surface area contributed by atoms with Gasteiger partial charge >= 0.3 is 0 Å². The number of carbonyl (C=O) groups is 1. The van der Waals surface area contributed by atoms with E-state index in [9.17, 15) is 14.9 Å². The third kappa shape index (κ3) is 4.92. The molecule has 0 bridgehead atoms. The second-order valence-corrected chi connectivity index (χ2v) is 8.26. The first-order valence-electron chi connectivity index (χ1n) is 9.33. The van der Waals surface area contributed by atoms with Gasteiger partial charge in [0.1, 0.15) is 5.37 Å². The van der Waals surface area contributed by atoms with Gasteiger partial charge in [-0.25, -0.2) is 9.97 Å². The molecule has 8 nitrogen and oxygen atoms in total. The van der Waals surface area contributed by atoms with Crippen molar-refractivity contribution in [1.82, 2.24) is 14.9 Å². The molecule has 1 aromatic carbocycles. The Labute approximate surface area is 173 Å². The van der Waals surface area contributed by atoms with Gasteiger partial charge in [-0.3, -0.25) is 10.1 Å². The quantitative estimate of drug-likeness (QED) is 0.385. The van der Waals surface area contributed by atoms with E-state index in [0.29, 0.717) is 23.2 Å². The second kappa shape index (κ2) is 9.04. The van der Waals surface area contributed by atoms with E-state index in [1.165, 1.54) is 23.9 Å². The van der Waals surface area contributed by atoms with Crippen molar-refractivity contribution in [1.29, 1.82) is 0 Å². The van der Waals surface area contributed by atoms with E-state index in [1.54, 1.807) is 24.4 Å². The van der Waals surface area contributed by atoms with Crippen LogP contribution in [0.4, 0.5) is 17.3 Å². The summed E-state index contributed by atoms with van der Waals surface area (Å²) in [7, 11) is 0. The van der Waals surface area contributed by atoms with Crippen LogP contribution in [0.25, 0.3) is 4.91 Å². The summed E-state index contributed by atoms with van der Waals surface area (Å²) in [6.45, 7) is 7.14. The Balaban J connectivity index is 1.84. The summed E-state index contributed by atoms with van der Waals surface area (Å²) in [4.78, 5) is 33.9. The summed E-state index contributed by atoms with van der Waals surface area (Å²) < 4.78 is 0. The van der Waals surface area contributed by atoms with Crippen molar-refractivity contribution in [2.24, 2.45) is 5.92 Å². The molecule has 0 saturated heterocycles. The van der Waals surface area contributed by atoms with E-state index in [4.69, 9.17) is 0 Å². The normalized spacial score (nSPS) is 16.4. The van der Waals surface area contributed by atoms with Gasteiger partial charge in [0.15, 0.2) is 6.29 Å². The number of benzene rings is 1. The van der Waals surface area contributed by atoms with Gasteiger partial charge in [0.05, 0.1) is 15.5 Å². The Morgan fingerprint density at radius 2 is 2.17 bits per heavy atom. The highest BCUT2D eigenvalue weighted by Crippen LogP contribution is 2.43. The standard InChI is InChI=1S/C20H23N5O3S/c1-13(2)8-10-24-14(3)19(29-18(24)12-26)17-7-9-21-20(23-17)22-15-5-4-6-16(11-15)25(27)28/h4-7,9,11-13,18H,8,10H2,1-3H3,(H,21,22,23). The fraction of sp³-hybridized carbons (Fsp3) is 0.350. The zero-order valence-corrected chi connectivity index (χ0v) is 17.3. The van der Waals surface area contributed by atoms with Crippen molar-refractivity contribution in [3.05, 3.63) is 58.0 Å². The van der Waals surface area contributed by atoms with Gasteiger partial charge in [0, 0.05) is 36.3 Å². The Morgan fingerprint density at radius 1 is 1.38 bits per heavy atom. The minimum absolute atomic E-state index is 0.00863. The zero-order valence-electron chi connectivity index (χ0n) is 16.5. The molecule has 1 aromatic heterocycles. The molecular formula is C20H23N5O3S. The van der Waals surface area contributed by atoms with Gasteiger partial charge in [-0.1, -0.05) is 31.7 Å². The van der Waals surface area contributed by atoms with Gasteiger partial charge in [0.25, 0.3) is 5.69 Å². The molecule has 152 valence electrons. The lowest BCUT2D eigenvalue weighted by Crippen LogP contribution is -2.30. The first-order chi connectivity index (χ1) is 13.9. The average Bonchev–Trinajstić information content (AvgIpc) is 3.02. The van der Waals surface area contributed by atoms with Crippen molar-refractivity contribution in [3.8, 4) is 0 Å². The Hall–Kier alpha value is -2.94. The molecule has 1 aliphatic heterocycles. The van der Waals surface area contributed by atoms with Crippen molar-refractivity contribution in [3.63, 3.8) is 0 Å². The molecule has 9 heteroatoms. The van der Waals surface area contributed by atoms with Crippen molar-refractivity contribution >= 4 is 40.3 Å². The molecule has 0 radical (unpaired) electrons. The molecule has 3 rings (SSSR count). The summed E-state index contributed by atoms with van der Waals surface area (Å²) in [6.07, 6.45) is 3.60. The van der Waals surface area contributed by atoms with Crippen LogP contribution in [0.1, 0.15) is 32.9 Å². The highest BCUT2D eigenvalue weighted by Gasteiger charge is 2.31. The van der Waals surface area contributed by atoms with E-state index in [2.05, 4.69) is 34.0 Å². The predicted molar refractivity (Wildman–Crippen MR) is 115 cm³/mol. The highest BCUT2D eigenvalue weighted by atomic mass is 32.2. The Kier molecular flexibility index (Phi) is 6.48. The summed E-state index contributed by atoms with van der Waals surface area (Å²) in [5.74, 6) is 0.890. The molecule has 29 heavy (non-hydrogen) atoms. The number of allylic oxidation sites excluding steroid dienone is 1. The number of nitro groups is 1. The molecule has 1 aliphatic rings. The third-order valence-electron chi connectivity index (χ3n) is 4.57. The van der Waals surface area contributed by atoms with Crippen molar-refractivity contribution in [2.75, 3.05) is 11.9 Å². The molecule has 2 aromatic rings. The molecular weight excluding hydrogens is 390 g/mol. The maximum absolute atomic E-state index is 11.6. The first kappa shape index (κ1) is 20.8. The monoisotopic (exact) mass is 413 g/mol. The maximum atomic E-state index is 11.6. The van der Waals surface area contributed by atoms with Gasteiger partial charge in [-0.15, -0.1) is 0 Å². The predicted octanol–water partition coefficient (Wildman–Crippen LogP) is 4.44. The number of anilines is 2. The number of nitro benzene ring substituents is 1. The number of rotatable bonds is 8. The first-order valence-corrected chi connectivity index (χ1v) is 10.2. The van der Waals surface area contributed by atoms with E-state index in [0.717, 1.165) is 29.9 Å².